The normalized spacial score (nSPS) is 21.1. The van der Waals surface area contributed by atoms with E-state index in [2.05, 4.69) is 10.6 Å². The maximum absolute atomic E-state index is 12.5. The van der Waals surface area contributed by atoms with Crippen LogP contribution in [0, 0.1) is 0 Å². The van der Waals surface area contributed by atoms with Crippen LogP contribution in [0.25, 0.3) is 0 Å². The lowest BCUT2D eigenvalue weighted by Gasteiger charge is -2.49. The highest BCUT2D eigenvalue weighted by atomic mass is 35.5. The number of hydrogen-bond donors (Lipinski definition) is 3. The number of amides is 2. The van der Waals surface area contributed by atoms with Gasteiger partial charge in [0, 0.05) is 16.7 Å². The summed E-state index contributed by atoms with van der Waals surface area (Å²) in [7, 11) is 0. The Morgan fingerprint density at radius 3 is 2.79 bits per heavy atom. The number of carboxylic acids is 1. The van der Waals surface area contributed by atoms with Crippen molar-refractivity contribution in [2.24, 2.45) is 0 Å². The number of anilines is 1. The van der Waals surface area contributed by atoms with Gasteiger partial charge in [-0.15, -0.1) is 23.4 Å². The third kappa shape index (κ3) is 4.66. The maximum Gasteiger partial charge on any atom is 0.352 e. The van der Waals surface area contributed by atoms with E-state index in [4.69, 9.17) is 34.8 Å². The van der Waals surface area contributed by atoms with Gasteiger partial charge in [0.2, 0.25) is 5.91 Å². The molecule has 1 saturated heterocycles. The number of carbonyl (C=O) groups excluding carboxylic acids is 2. The number of rotatable bonds is 7. The molecule has 0 unspecified atom stereocenters. The number of carboxylic acid groups (broad SMARTS) is 1. The first kappa shape index (κ1) is 21.8. The van der Waals surface area contributed by atoms with E-state index in [9.17, 15) is 19.5 Å². The molecule has 0 aliphatic carbocycles. The Bertz CT molecular complexity index is 922. The lowest BCUT2D eigenvalue weighted by Crippen LogP contribution is -2.70. The average molecular weight is 477 g/mol. The fraction of sp³-hybridized carbons (Fsp3) is 0.278. The fourth-order valence-corrected chi connectivity index (χ4v) is 4.75. The number of alkyl halides is 1. The lowest BCUT2D eigenvalue weighted by molar-refractivity contribution is -0.150. The van der Waals surface area contributed by atoms with Crippen LogP contribution in [0.1, 0.15) is 0 Å². The van der Waals surface area contributed by atoms with E-state index in [1.165, 1.54) is 16.7 Å². The highest BCUT2D eigenvalue weighted by molar-refractivity contribution is 8.00. The monoisotopic (exact) mass is 475 g/mol. The van der Waals surface area contributed by atoms with E-state index in [1.807, 2.05) is 0 Å². The molecule has 0 spiro atoms. The molecule has 0 radical (unpaired) electrons. The molecule has 154 valence electrons. The van der Waals surface area contributed by atoms with Gasteiger partial charge in [-0.05, 0) is 23.8 Å². The third-order valence-electron chi connectivity index (χ3n) is 4.29. The summed E-state index contributed by atoms with van der Waals surface area (Å²) in [5, 5.41) is 15.4. The average Bonchev–Trinajstić information content (AvgIpc) is 2.70. The molecule has 2 atom stereocenters. The molecule has 11 heteroatoms. The van der Waals surface area contributed by atoms with Crippen LogP contribution in [-0.2, 0) is 14.4 Å². The molecule has 0 bridgehead atoms. The minimum Gasteiger partial charge on any atom is -0.477 e. The van der Waals surface area contributed by atoms with E-state index < -0.39 is 29.2 Å². The molecule has 2 aliphatic rings. The van der Waals surface area contributed by atoms with E-state index in [-0.39, 0.29) is 18.1 Å². The van der Waals surface area contributed by atoms with Crippen LogP contribution in [0.3, 0.4) is 0 Å². The second kappa shape index (κ2) is 9.30. The molecule has 3 rings (SSSR count). The Balaban J connectivity index is 1.64. The summed E-state index contributed by atoms with van der Waals surface area (Å²) in [6.45, 7) is -0.118. The summed E-state index contributed by atoms with van der Waals surface area (Å²) in [6, 6.07) is 4.02. The Hall–Kier alpha value is -1.87. The van der Waals surface area contributed by atoms with Gasteiger partial charge in [-0.3, -0.25) is 14.5 Å². The van der Waals surface area contributed by atoms with Gasteiger partial charge in [0.15, 0.2) is 0 Å². The Labute approximate surface area is 186 Å². The second-order valence-corrected chi connectivity index (χ2v) is 8.43. The lowest BCUT2D eigenvalue weighted by atomic mass is 10.0. The molecule has 29 heavy (non-hydrogen) atoms. The van der Waals surface area contributed by atoms with Gasteiger partial charge < -0.3 is 15.7 Å². The largest absolute Gasteiger partial charge is 0.477 e. The van der Waals surface area contributed by atoms with Crippen molar-refractivity contribution in [2.75, 3.05) is 23.5 Å². The van der Waals surface area contributed by atoms with Crippen molar-refractivity contribution in [1.82, 2.24) is 10.2 Å². The minimum absolute atomic E-state index is 0.0746. The summed E-state index contributed by atoms with van der Waals surface area (Å²) in [5.74, 6) is -1.45. The molecule has 3 N–H and O–H groups in total. The molecule has 1 fully saturated rings. The van der Waals surface area contributed by atoms with Crippen molar-refractivity contribution in [2.45, 2.75) is 11.4 Å². The van der Waals surface area contributed by atoms with Gasteiger partial charge in [-0.1, -0.05) is 35.4 Å². The number of nitrogens with zero attached hydrogens (tertiary/aromatic N) is 1. The van der Waals surface area contributed by atoms with Gasteiger partial charge in [0.1, 0.15) is 17.1 Å². The predicted molar refractivity (Wildman–Crippen MR) is 114 cm³/mol. The zero-order valence-corrected chi connectivity index (χ0v) is 17.9. The van der Waals surface area contributed by atoms with Crippen LogP contribution < -0.4 is 10.6 Å². The first-order valence-electron chi connectivity index (χ1n) is 8.45. The molecule has 2 amide bonds. The molecule has 0 saturated carbocycles. The molecule has 2 heterocycles. The van der Waals surface area contributed by atoms with E-state index >= 15 is 0 Å². The maximum atomic E-state index is 12.5. The summed E-state index contributed by atoms with van der Waals surface area (Å²) < 4.78 is 0. The van der Waals surface area contributed by atoms with E-state index in [0.29, 0.717) is 27.1 Å². The number of aliphatic carboxylic acids is 1. The summed E-state index contributed by atoms with van der Waals surface area (Å²) in [6.07, 6.45) is 3.23. The van der Waals surface area contributed by atoms with Crippen LogP contribution in [-0.4, -0.2) is 57.4 Å². The molecular formula is C18H16Cl3N3O4S. The van der Waals surface area contributed by atoms with Crippen LogP contribution in [0.4, 0.5) is 5.69 Å². The molecule has 1 aromatic carbocycles. The van der Waals surface area contributed by atoms with Crippen LogP contribution in [0.2, 0.25) is 10.0 Å². The van der Waals surface area contributed by atoms with Gasteiger partial charge in [-0.2, -0.15) is 0 Å². The molecule has 0 aromatic heterocycles. The highest BCUT2D eigenvalue weighted by Crippen LogP contribution is 2.40. The van der Waals surface area contributed by atoms with Crippen molar-refractivity contribution in [3.8, 4) is 0 Å². The summed E-state index contributed by atoms with van der Waals surface area (Å²) in [5.41, 5.74) is 0.930. The summed E-state index contributed by atoms with van der Waals surface area (Å²) >= 11 is 18.9. The van der Waals surface area contributed by atoms with Crippen molar-refractivity contribution >= 4 is 70.0 Å². The highest BCUT2D eigenvalue weighted by Gasteiger charge is 2.53. The number of thioether (sulfide) groups is 1. The predicted octanol–water partition coefficient (Wildman–Crippen LogP) is 2.94. The Morgan fingerprint density at radius 2 is 2.10 bits per heavy atom. The number of β-lactam (4-membered cyclic amide) rings is 1. The van der Waals surface area contributed by atoms with Crippen LogP contribution >= 0.6 is 46.6 Å². The first-order valence-corrected chi connectivity index (χ1v) is 10.8. The SMILES string of the molecule is O=C(CNc1cc(Cl)ccc1Cl)N[C@@H]1C(=O)N2C(C(=O)O)=C(C=CCCl)CS[C@H]12. The Kier molecular flexibility index (Phi) is 7.00. The van der Waals surface area contributed by atoms with Gasteiger partial charge in [0.25, 0.3) is 5.91 Å². The number of carbonyl (C=O) groups is 3. The number of benzene rings is 1. The zero-order valence-electron chi connectivity index (χ0n) is 14.8. The van der Waals surface area contributed by atoms with Crippen molar-refractivity contribution in [1.29, 1.82) is 0 Å². The number of allylic oxidation sites excluding steroid dienone is 2. The second-order valence-electron chi connectivity index (χ2n) is 6.17. The Morgan fingerprint density at radius 1 is 1.34 bits per heavy atom. The standard InChI is InChI=1S/C18H16Cl3N3O4S/c19-5-1-2-9-8-29-17-14(16(26)24(17)15(9)18(27)28)23-13(25)7-22-12-6-10(20)3-4-11(12)21/h1-4,6,14,17,22H,5,7-8H2,(H,23,25)(H,27,28)/t14-,17-/m1/s1. The quantitative estimate of drug-likeness (QED) is 0.413. The smallest absolute Gasteiger partial charge is 0.352 e. The molecular weight excluding hydrogens is 461 g/mol. The van der Waals surface area contributed by atoms with Crippen molar-refractivity contribution < 1.29 is 19.5 Å². The third-order valence-corrected chi connectivity index (χ3v) is 6.34. The van der Waals surface area contributed by atoms with E-state index in [1.54, 1.807) is 30.4 Å². The molecule has 2 aliphatic heterocycles. The summed E-state index contributed by atoms with van der Waals surface area (Å²) in [4.78, 5) is 37.7. The fourth-order valence-electron chi connectivity index (χ4n) is 2.99. The molecule has 1 aromatic rings. The number of nitrogens with one attached hydrogen (secondary N) is 2. The van der Waals surface area contributed by atoms with Gasteiger partial charge in [0.05, 0.1) is 17.3 Å². The van der Waals surface area contributed by atoms with Crippen molar-refractivity contribution in [3.63, 3.8) is 0 Å². The van der Waals surface area contributed by atoms with Crippen LogP contribution in [0.5, 0.6) is 0 Å². The van der Waals surface area contributed by atoms with Gasteiger partial charge >= 0.3 is 5.97 Å². The number of fused-ring (bicyclic) bond motifs is 1. The van der Waals surface area contributed by atoms with E-state index in [0.717, 1.165) is 0 Å². The minimum atomic E-state index is -1.19. The number of hydrogen-bond acceptors (Lipinski definition) is 5. The zero-order chi connectivity index (χ0) is 21.1. The van der Waals surface area contributed by atoms with Crippen molar-refractivity contribution in [3.05, 3.63) is 51.7 Å². The topological polar surface area (TPSA) is 98.7 Å². The van der Waals surface area contributed by atoms with Gasteiger partial charge in [-0.25, -0.2) is 4.79 Å². The first-order chi connectivity index (χ1) is 13.8. The van der Waals surface area contributed by atoms with Crippen LogP contribution in [0.15, 0.2) is 41.6 Å². The molecule has 7 nitrogen and oxygen atoms in total. The number of halogens is 3.